The molecule has 1 fully saturated rings. The summed E-state index contributed by atoms with van der Waals surface area (Å²) in [6.45, 7) is 1.33. The molecule has 0 radical (unpaired) electrons. The molecule has 1 aliphatic heterocycles. The van der Waals surface area contributed by atoms with Gasteiger partial charge in [0.2, 0.25) is 0 Å². The van der Waals surface area contributed by atoms with Gasteiger partial charge in [-0.2, -0.15) is 0 Å². The van der Waals surface area contributed by atoms with Gasteiger partial charge in [-0.25, -0.2) is 0 Å². The Hall–Kier alpha value is -0.120. The van der Waals surface area contributed by atoms with E-state index in [4.69, 9.17) is 9.84 Å². The molecule has 2 N–H and O–H groups in total. The van der Waals surface area contributed by atoms with Gasteiger partial charge >= 0.3 is 0 Å². The van der Waals surface area contributed by atoms with Gasteiger partial charge in [0.25, 0.3) is 0 Å². The molecule has 0 spiro atoms. The smallest absolute Gasteiger partial charge is 0.0800 e. The highest BCUT2D eigenvalue weighted by molar-refractivity contribution is 4.70. The minimum absolute atomic E-state index is 0.120. The summed E-state index contributed by atoms with van der Waals surface area (Å²) in [6.07, 6.45) is 1.22. The van der Waals surface area contributed by atoms with Crippen LogP contribution in [0, 0.1) is 5.92 Å². The summed E-state index contributed by atoms with van der Waals surface area (Å²) in [7, 11) is 0. The van der Waals surface area contributed by atoms with Crippen LogP contribution in [0.5, 0.6) is 0 Å². The van der Waals surface area contributed by atoms with Gasteiger partial charge in [0.1, 0.15) is 0 Å². The van der Waals surface area contributed by atoms with Gasteiger partial charge in [0.15, 0.2) is 0 Å². The summed E-state index contributed by atoms with van der Waals surface area (Å²) in [4.78, 5) is 0. The van der Waals surface area contributed by atoms with Crippen LogP contribution in [0.2, 0.25) is 0 Å². The number of hydrogen-bond acceptors (Lipinski definition) is 3. The van der Waals surface area contributed by atoms with Gasteiger partial charge in [0.05, 0.1) is 12.7 Å². The standard InChI is InChI=1S/C7H14O3/c8-5-7(9)6-1-3-10-4-2-6/h6-9H,1-5H2/t7-/m1/s1. The lowest BCUT2D eigenvalue weighted by Gasteiger charge is -2.25. The van der Waals surface area contributed by atoms with Crippen molar-refractivity contribution < 1.29 is 14.9 Å². The molecule has 0 aromatic carbocycles. The molecular formula is C7H14O3. The van der Waals surface area contributed by atoms with Crippen molar-refractivity contribution in [1.82, 2.24) is 0 Å². The molecule has 1 rings (SSSR count). The number of rotatable bonds is 2. The summed E-state index contributed by atoms with van der Waals surface area (Å²) in [5.41, 5.74) is 0. The minimum Gasteiger partial charge on any atom is -0.394 e. The molecule has 1 heterocycles. The average molecular weight is 146 g/mol. The SMILES string of the molecule is OC[C@@H](O)C1CCOCC1. The van der Waals surface area contributed by atoms with Crippen molar-refractivity contribution in [1.29, 1.82) is 0 Å². The van der Waals surface area contributed by atoms with Crippen molar-refractivity contribution in [3.05, 3.63) is 0 Å². The highest BCUT2D eigenvalue weighted by Crippen LogP contribution is 2.17. The normalized spacial score (nSPS) is 24.6. The third kappa shape index (κ3) is 1.94. The molecule has 0 amide bonds. The maximum Gasteiger partial charge on any atom is 0.0800 e. The highest BCUT2D eigenvalue weighted by Gasteiger charge is 2.20. The predicted molar refractivity (Wildman–Crippen MR) is 36.6 cm³/mol. The first-order valence-corrected chi connectivity index (χ1v) is 3.71. The molecule has 3 heteroatoms. The molecule has 0 saturated carbocycles. The first kappa shape index (κ1) is 7.98. The number of aliphatic hydroxyl groups excluding tert-OH is 2. The van der Waals surface area contributed by atoms with E-state index in [2.05, 4.69) is 0 Å². The lowest BCUT2D eigenvalue weighted by atomic mass is 9.94. The van der Waals surface area contributed by atoms with Crippen LogP contribution < -0.4 is 0 Å². The summed E-state index contributed by atoms with van der Waals surface area (Å²) in [6, 6.07) is 0. The average Bonchev–Trinajstić information content (AvgIpc) is 2.05. The van der Waals surface area contributed by atoms with Gasteiger partial charge in [-0.05, 0) is 18.8 Å². The first-order valence-electron chi connectivity index (χ1n) is 3.71. The predicted octanol–water partition coefficient (Wildman–Crippen LogP) is -0.234. The third-order valence-corrected chi connectivity index (χ3v) is 2.00. The molecule has 10 heavy (non-hydrogen) atoms. The second-order valence-electron chi connectivity index (χ2n) is 2.70. The fraction of sp³-hybridized carbons (Fsp3) is 1.00. The lowest BCUT2D eigenvalue weighted by molar-refractivity contribution is -0.0147. The Balaban J connectivity index is 2.24. The maximum absolute atomic E-state index is 9.18. The zero-order valence-electron chi connectivity index (χ0n) is 5.99. The van der Waals surface area contributed by atoms with E-state index in [1.165, 1.54) is 0 Å². The molecule has 0 aromatic rings. The molecule has 1 atom stereocenters. The summed E-state index contributed by atoms with van der Waals surface area (Å²) < 4.78 is 5.10. The van der Waals surface area contributed by atoms with Gasteiger partial charge in [-0.15, -0.1) is 0 Å². The van der Waals surface area contributed by atoms with Crippen LogP contribution in [0.1, 0.15) is 12.8 Å². The van der Waals surface area contributed by atoms with Crippen LogP contribution in [-0.2, 0) is 4.74 Å². The molecule has 0 aromatic heterocycles. The third-order valence-electron chi connectivity index (χ3n) is 2.00. The van der Waals surface area contributed by atoms with Crippen LogP contribution in [0.4, 0.5) is 0 Å². The van der Waals surface area contributed by atoms with E-state index in [0.29, 0.717) is 0 Å². The van der Waals surface area contributed by atoms with Gasteiger partial charge < -0.3 is 14.9 Å². The van der Waals surface area contributed by atoms with Crippen LogP contribution in [-0.4, -0.2) is 36.1 Å². The largest absolute Gasteiger partial charge is 0.394 e. The Morgan fingerprint density at radius 1 is 1.40 bits per heavy atom. The van der Waals surface area contributed by atoms with Crippen LogP contribution in [0.3, 0.4) is 0 Å². The Morgan fingerprint density at radius 2 is 2.00 bits per heavy atom. The van der Waals surface area contributed by atoms with E-state index in [-0.39, 0.29) is 12.5 Å². The second kappa shape index (κ2) is 3.91. The van der Waals surface area contributed by atoms with E-state index in [9.17, 15) is 5.11 Å². The number of aliphatic hydroxyl groups is 2. The number of ether oxygens (including phenoxy) is 1. The van der Waals surface area contributed by atoms with Crippen molar-refractivity contribution in [3.8, 4) is 0 Å². The topological polar surface area (TPSA) is 49.7 Å². The van der Waals surface area contributed by atoms with Crippen molar-refractivity contribution in [2.45, 2.75) is 18.9 Å². The van der Waals surface area contributed by atoms with E-state index in [0.717, 1.165) is 26.1 Å². The monoisotopic (exact) mass is 146 g/mol. The van der Waals surface area contributed by atoms with Crippen molar-refractivity contribution in [2.75, 3.05) is 19.8 Å². The maximum atomic E-state index is 9.18. The molecule has 0 bridgehead atoms. The van der Waals surface area contributed by atoms with Crippen molar-refractivity contribution in [2.24, 2.45) is 5.92 Å². The Morgan fingerprint density at radius 3 is 2.50 bits per heavy atom. The van der Waals surface area contributed by atoms with Gasteiger partial charge in [-0.3, -0.25) is 0 Å². The van der Waals surface area contributed by atoms with Crippen LogP contribution >= 0.6 is 0 Å². The molecule has 1 aliphatic rings. The fourth-order valence-electron chi connectivity index (χ4n) is 1.25. The quantitative estimate of drug-likeness (QED) is 0.565. The lowest BCUT2D eigenvalue weighted by Crippen LogP contribution is -2.29. The Bertz CT molecular complexity index is 88.9. The molecule has 0 aliphatic carbocycles. The van der Waals surface area contributed by atoms with E-state index >= 15 is 0 Å². The number of hydrogen-bond donors (Lipinski definition) is 2. The zero-order chi connectivity index (χ0) is 7.40. The Labute approximate surface area is 60.6 Å². The first-order chi connectivity index (χ1) is 4.84. The van der Waals surface area contributed by atoms with Gasteiger partial charge in [0, 0.05) is 13.2 Å². The summed E-state index contributed by atoms with van der Waals surface area (Å²) in [5.74, 6) is 0.249. The molecule has 60 valence electrons. The summed E-state index contributed by atoms with van der Waals surface area (Å²) in [5, 5.41) is 17.8. The van der Waals surface area contributed by atoms with Crippen molar-refractivity contribution in [3.63, 3.8) is 0 Å². The molecule has 0 unspecified atom stereocenters. The van der Waals surface area contributed by atoms with Crippen molar-refractivity contribution >= 4 is 0 Å². The van der Waals surface area contributed by atoms with E-state index in [1.807, 2.05) is 0 Å². The Kier molecular flexibility index (Phi) is 3.12. The van der Waals surface area contributed by atoms with E-state index < -0.39 is 6.10 Å². The fourth-order valence-corrected chi connectivity index (χ4v) is 1.25. The highest BCUT2D eigenvalue weighted by atomic mass is 16.5. The van der Waals surface area contributed by atoms with E-state index in [1.54, 1.807) is 0 Å². The second-order valence-corrected chi connectivity index (χ2v) is 2.70. The van der Waals surface area contributed by atoms with Gasteiger partial charge in [-0.1, -0.05) is 0 Å². The summed E-state index contributed by atoms with van der Waals surface area (Å²) >= 11 is 0. The zero-order valence-corrected chi connectivity index (χ0v) is 5.99. The minimum atomic E-state index is -0.538. The van der Waals surface area contributed by atoms with Crippen LogP contribution in [0.15, 0.2) is 0 Å². The van der Waals surface area contributed by atoms with Crippen LogP contribution in [0.25, 0.3) is 0 Å². The molecule has 3 nitrogen and oxygen atoms in total. The molecular weight excluding hydrogens is 132 g/mol. The molecule has 1 saturated heterocycles.